The van der Waals surface area contributed by atoms with Crippen molar-refractivity contribution in [2.45, 2.75) is 25.4 Å². The van der Waals surface area contributed by atoms with E-state index in [2.05, 4.69) is 5.32 Å². The van der Waals surface area contributed by atoms with Crippen molar-refractivity contribution >= 4 is 23.2 Å². The van der Waals surface area contributed by atoms with Gasteiger partial charge in [-0.15, -0.1) is 0 Å². The summed E-state index contributed by atoms with van der Waals surface area (Å²) in [7, 11) is 0. The third-order valence-electron chi connectivity index (χ3n) is 3.27. The van der Waals surface area contributed by atoms with Crippen LogP contribution in [0.5, 0.6) is 0 Å². The third-order valence-corrected chi connectivity index (χ3v) is 3.51. The second-order valence-corrected chi connectivity index (χ2v) is 5.51. The second kappa shape index (κ2) is 7.51. The molecular weight excluding hydrogens is 327 g/mol. The number of nitrogens with one attached hydrogen (secondary N) is 1. The fourth-order valence-electron chi connectivity index (χ4n) is 2.17. The van der Waals surface area contributed by atoms with Crippen LogP contribution in [0.1, 0.15) is 24.0 Å². The van der Waals surface area contributed by atoms with Gasteiger partial charge in [0.1, 0.15) is 0 Å². The Kier molecular flexibility index (Phi) is 5.66. The molecule has 0 aliphatic carbocycles. The van der Waals surface area contributed by atoms with Crippen molar-refractivity contribution < 1.29 is 18.0 Å². The van der Waals surface area contributed by atoms with E-state index >= 15 is 0 Å². The van der Waals surface area contributed by atoms with Gasteiger partial charge in [-0.3, -0.25) is 4.79 Å². The molecule has 1 amide bonds. The molecule has 0 atom stereocenters. The van der Waals surface area contributed by atoms with Gasteiger partial charge in [0.2, 0.25) is 5.91 Å². The third kappa shape index (κ3) is 5.28. The topological polar surface area (TPSA) is 29.1 Å². The lowest BCUT2D eigenvalue weighted by Crippen LogP contribution is -2.16. The number of amides is 1. The summed E-state index contributed by atoms with van der Waals surface area (Å²) in [6.45, 7) is 0. The van der Waals surface area contributed by atoms with E-state index in [1.54, 1.807) is 0 Å². The van der Waals surface area contributed by atoms with Gasteiger partial charge in [-0.05, 0) is 36.6 Å². The van der Waals surface area contributed by atoms with Crippen LogP contribution >= 0.6 is 11.6 Å². The van der Waals surface area contributed by atoms with E-state index in [1.165, 1.54) is 12.1 Å². The van der Waals surface area contributed by atoms with Crippen molar-refractivity contribution in [1.82, 2.24) is 0 Å². The smallest absolute Gasteiger partial charge is 0.326 e. The SMILES string of the molecule is O=C(CCCc1ccccc1)Nc1ccc(Cl)cc1C(F)(F)F. The summed E-state index contributed by atoms with van der Waals surface area (Å²) in [5.74, 6) is -0.450. The molecule has 0 aliphatic rings. The Morgan fingerprint density at radius 3 is 2.43 bits per heavy atom. The lowest BCUT2D eigenvalue weighted by atomic mass is 10.1. The Hall–Kier alpha value is -2.01. The molecule has 0 aliphatic heterocycles. The van der Waals surface area contributed by atoms with Crippen molar-refractivity contribution in [3.05, 3.63) is 64.7 Å². The summed E-state index contributed by atoms with van der Waals surface area (Å²) in [6, 6.07) is 12.9. The van der Waals surface area contributed by atoms with Gasteiger partial charge in [0.05, 0.1) is 11.3 Å². The van der Waals surface area contributed by atoms with E-state index in [-0.39, 0.29) is 17.1 Å². The summed E-state index contributed by atoms with van der Waals surface area (Å²) in [5.41, 5.74) is -0.129. The highest BCUT2D eigenvalue weighted by molar-refractivity contribution is 6.30. The molecule has 122 valence electrons. The Morgan fingerprint density at radius 1 is 1.09 bits per heavy atom. The number of carbonyl (C=O) groups is 1. The van der Waals surface area contributed by atoms with Crippen LogP contribution in [0.2, 0.25) is 5.02 Å². The van der Waals surface area contributed by atoms with Crippen molar-refractivity contribution in [2.75, 3.05) is 5.32 Å². The van der Waals surface area contributed by atoms with E-state index in [9.17, 15) is 18.0 Å². The Morgan fingerprint density at radius 2 is 1.78 bits per heavy atom. The summed E-state index contributed by atoms with van der Waals surface area (Å²) in [6.07, 6.45) is -3.17. The standard InChI is InChI=1S/C17H15ClF3NO/c18-13-9-10-15(14(11-13)17(19,20)21)22-16(23)8-4-7-12-5-2-1-3-6-12/h1-3,5-6,9-11H,4,7-8H2,(H,22,23). The van der Waals surface area contributed by atoms with E-state index in [1.807, 2.05) is 30.3 Å². The maximum absolute atomic E-state index is 12.9. The Bertz CT molecular complexity index is 671. The molecule has 0 aromatic heterocycles. The molecule has 0 fully saturated rings. The quantitative estimate of drug-likeness (QED) is 0.783. The van der Waals surface area contributed by atoms with Crippen LogP contribution in [-0.4, -0.2) is 5.91 Å². The van der Waals surface area contributed by atoms with Crippen LogP contribution < -0.4 is 5.32 Å². The maximum Gasteiger partial charge on any atom is 0.418 e. The highest BCUT2D eigenvalue weighted by atomic mass is 35.5. The van der Waals surface area contributed by atoms with Crippen molar-refractivity contribution in [3.63, 3.8) is 0 Å². The van der Waals surface area contributed by atoms with E-state index in [0.717, 1.165) is 11.6 Å². The lowest BCUT2D eigenvalue weighted by molar-refractivity contribution is -0.137. The normalized spacial score (nSPS) is 11.3. The molecule has 0 bridgehead atoms. The number of rotatable bonds is 5. The number of alkyl halides is 3. The zero-order valence-electron chi connectivity index (χ0n) is 12.2. The summed E-state index contributed by atoms with van der Waals surface area (Å²) >= 11 is 5.60. The molecule has 1 N–H and O–H groups in total. The molecule has 0 radical (unpaired) electrons. The van der Waals surface area contributed by atoms with Crippen molar-refractivity contribution in [1.29, 1.82) is 0 Å². The Labute approximate surface area is 137 Å². The largest absolute Gasteiger partial charge is 0.418 e. The first-order chi connectivity index (χ1) is 10.9. The molecule has 0 spiro atoms. The predicted molar refractivity (Wildman–Crippen MR) is 84.5 cm³/mol. The van der Waals surface area contributed by atoms with Gasteiger partial charge in [-0.1, -0.05) is 41.9 Å². The molecule has 2 aromatic rings. The van der Waals surface area contributed by atoms with Gasteiger partial charge >= 0.3 is 6.18 Å². The van der Waals surface area contributed by atoms with Crippen LogP contribution in [0.15, 0.2) is 48.5 Å². The van der Waals surface area contributed by atoms with Gasteiger partial charge < -0.3 is 5.32 Å². The van der Waals surface area contributed by atoms with Crippen LogP contribution in [0, 0.1) is 0 Å². The molecule has 0 saturated heterocycles. The average molecular weight is 342 g/mol. The van der Waals surface area contributed by atoms with Crippen LogP contribution in [-0.2, 0) is 17.4 Å². The maximum atomic E-state index is 12.9. The number of carbonyl (C=O) groups excluding carboxylic acids is 1. The fraction of sp³-hybridized carbons (Fsp3) is 0.235. The number of halogens is 4. The number of hydrogen-bond acceptors (Lipinski definition) is 1. The summed E-state index contributed by atoms with van der Waals surface area (Å²) in [5, 5.41) is 2.28. The number of anilines is 1. The molecule has 2 aromatic carbocycles. The molecule has 23 heavy (non-hydrogen) atoms. The van der Waals surface area contributed by atoms with Gasteiger partial charge in [-0.25, -0.2) is 0 Å². The van der Waals surface area contributed by atoms with Crippen LogP contribution in [0.25, 0.3) is 0 Å². The first-order valence-corrected chi connectivity index (χ1v) is 7.44. The van der Waals surface area contributed by atoms with Gasteiger partial charge in [0, 0.05) is 11.4 Å². The Balaban J connectivity index is 1.95. The molecule has 0 unspecified atom stereocenters. The van der Waals surface area contributed by atoms with Crippen molar-refractivity contribution in [3.8, 4) is 0 Å². The molecule has 0 saturated carbocycles. The van der Waals surface area contributed by atoms with Gasteiger partial charge in [-0.2, -0.15) is 13.2 Å². The monoisotopic (exact) mass is 341 g/mol. The molecule has 2 rings (SSSR count). The number of benzene rings is 2. The number of aryl methyl sites for hydroxylation is 1. The predicted octanol–water partition coefficient (Wildman–Crippen LogP) is 5.32. The molecular formula is C17H15ClF3NO. The van der Waals surface area contributed by atoms with E-state index in [0.29, 0.717) is 12.8 Å². The van der Waals surface area contributed by atoms with Crippen LogP contribution in [0.4, 0.5) is 18.9 Å². The molecule has 6 heteroatoms. The minimum absolute atomic E-state index is 0.0283. The van der Waals surface area contributed by atoms with Crippen LogP contribution in [0.3, 0.4) is 0 Å². The lowest BCUT2D eigenvalue weighted by Gasteiger charge is -2.14. The fourth-order valence-corrected chi connectivity index (χ4v) is 2.34. The summed E-state index contributed by atoms with van der Waals surface area (Å²) < 4.78 is 38.8. The highest BCUT2D eigenvalue weighted by Gasteiger charge is 2.34. The van der Waals surface area contributed by atoms with Gasteiger partial charge in [0.15, 0.2) is 0 Å². The average Bonchev–Trinajstić information content (AvgIpc) is 2.49. The first kappa shape index (κ1) is 17.3. The zero-order chi connectivity index (χ0) is 16.9. The van der Waals surface area contributed by atoms with Crippen molar-refractivity contribution in [2.24, 2.45) is 0 Å². The first-order valence-electron chi connectivity index (χ1n) is 7.07. The van der Waals surface area contributed by atoms with E-state index < -0.39 is 17.6 Å². The minimum Gasteiger partial charge on any atom is -0.326 e. The highest BCUT2D eigenvalue weighted by Crippen LogP contribution is 2.36. The van der Waals surface area contributed by atoms with E-state index in [4.69, 9.17) is 11.6 Å². The second-order valence-electron chi connectivity index (χ2n) is 5.07. The number of hydrogen-bond donors (Lipinski definition) is 1. The zero-order valence-corrected chi connectivity index (χ0v) is 12.9. The summed E-state index contributed by atoms with van der Waals surface area (Å²) in [4.78, 5) is 11.9. The molecule has 0 heterocycles. The molecule has 2 nitrogen and oxygen atoms in total. The van der Waals surface area contributed by atoms with Gasteiger partial charge in [0.25, 0.3) is 0 Å². The minimum atomic E-state index is -4.57.